The Morgan fingerprint density at radius 2 is 1.81 bits per heavy atom. The summed E-state index contributed by atoms with van der Waals surface area (Å²) in [5.74, 6) is -0.320. The van der Waals surface area contributed by atoms with E-state index in [0.717, 1.165) is 12.8 Å². The molecule has 92 valence electrons. The van der Waals surface area contributed by atoms with E-state index in [2.05, 4.69) is 5.32 Å². The largest absolute Gasteiger partial charge is 0.351 e. The Morgan fingerprint density at radius 3 is 2.31 bits per heavy atom. The van der Waals surface area contributed by atoms with Crippen LogP contribution in [0.15, 0.2) is 0 Å². The first-order valence-electron chi connectivity index (χ1n) is 5.89. The molecule has 5 heteroatoms. The van der Waals surface area contributed by atoms with Crippen molar-refractivity contribution in [1.29, 1.82) is 0 Å². The lowest BCUT2D eigenvalue weighted by molar-refractivity contribution is -0.121. The van der Waals surface area contributed by atoms with E-state index in [1.165, 1.54) is 25.7 Å². The third kappa shape index (κ3) is 4.61. The van der Waals surface area contributed by atoms with Crippen LogP contribution in [0.25, 0.3) is 0 Å². The van der Waals surface area contributed by atoms with Gasteiger partial charge in [-0.2, -0.15) is 0 Å². The fourth-order valence-electron chi connectivity index (χ4n) is 2.23. The standard InChI is InChI=1S/C11H21N3O2/c1-14(8-10(15)13-11(12)16)9-6-4-2-3-5-7-9/h9H,2-8H2,1H3,(H3,12,13,15,16). The van der Waals surface area contributed by atoms with Gasteiger partial charge in [-0.1, -0.05) is 25.7 Å². The van der Waals surface area contributed by atoms with Crippen LogP contribution in [-0.2, 0) is 4.79 Å². The van der Waals surface area contributed by atoms with Crippen molar-refractivity contribution in [2.75, 3.05) is 13.6 Å². The number of primary amides is 1. The molecule has 0 atom stereocenters. The number of carbonyl (C=O) groups excluding carboxylic acids is 2. The molecule has 0 heterocycles. The number of likely N-dealkylation sites (N-methyl/N-ethyl adjacent to an activating group) is 1. The number of nitrogens with two attached hydrogens (primary N) is 1. The number of carbonyl (C=O) groups is 2. The summed E-state index contributed by atoms with van der Waals surface area (Å²) in [6, 6.07) is -0.319. The Bertz CT molecular complexity index is 248. The smallest absolute Gasteiger partial charge is 0.318 e. The van der Waals surface area contributed by atoms with Crippen LogP contribution in [-0.4, -0.2) is 36.5 Å². The highest BCUT2D eigenvalue weighted by molar-refractivity contribution is 5.94. The van der Waals surface area contributed by atoms with E-state index in [4.69, 9.17) is 5.73 Å². The lowest BCUT2D eigenvalue weighted by atomic mass is 10.1. The van der Waals surface area contributed by atoms with Crippen LogP contribution < -0.4 is 11.1 Å². The number of amides is 3. The van der Waals surface area contributed by atoms with Gasteiger partial charge in [0.15, 0.2) is 0 Å². The summed E-state index contributed by atoms with van der Waals surface area (Å²) < 4.78 is 0. The normalized spacial score (nSPS) is 18.1. The molecule has 0 aromatic carbocycles. The maximum Gasteiger partial charge on any atom is 0.318 e. The van der Waals surface area contributed by atoms with Crippen molar-refractivity contribution in [3.05, 3.63) is 0 Å². The minimum Gasteiger partial charge on any atom is -0.351 e. The molecule has 0 aromatic rings. The summed E-state index contributed by atoms with van der Waals surface area (Å²) in [5.41, 5.74) is 4.88. The number of hydrogen-bond acceptors (Lipinski definition) is 3. The highest BCUT2D eigenvalue weighted by atomic mass is 16.2. The van der Waals surface area contributed by atoms with E-state index in [1.54, 1.807) is 0 Å². The van der Waals surface area contributed by atoms with Crippen LogP contribution in [0.1, 0.15) is 38.5 Å². The maximum atomic E-state index is 11.3. The molecular weight excluding hydrogens is 206 g/mol. The zero-order valence-corrected chi connectivity index (χ0v) is 9.87. The van der Waals surface area contributed by atoms with Crippen molar-refractivity contribution in [1.82, 2.24) is 10.2 Å². The topological polar surface area (TPSA) is 75.4 Å². The van der Waals surface area contributed by atoms with Gasteiger partial charge in [0.1, 0.15) is 0 Å². The summed E-state index contributed by atoms with van der Waals surface area (Å²) >= 11 is 0. The molecule has 0 radical (unpaired) electrons. The van der Waals surface area contributed by atoms with Gasteiger partial charge in [0.05, 0.1) is 6.54 Å². The van der Waals surface area contributed by atoms with E-state index in [1.807, 2.05) is 11.9 Å². The van der Waals surface area contributed by atoms with Crippen molar-refractivity contribution < 1.29 is 9.59 Å². The van der Waals surface area contributed by atoms with Gasteiger partial charge >= 0.3 is 6.03 Å². The Balaban J connectivity index is 2.34. The van der Waals surface area contributed by atoms with E-state index in [9.17, 15) is 9.59 Å². The Labute approximate surface area is 96.4 Å². The SMILES string of the molecule is CN(CC(=O)NC(N)=O)C1CCCCCC1. The molecule has 1 rings (SSSR count). The van der Waals surface area contributed by atoms with Gasteiger partial charge in [0.25, 0.3) is 0 Å². The lowest BCUT2D eigenvalue weighted by Gasteiger charge is -2.26. The molecular formula is C11H21N3O2. The van der Waals surface area contributed by atoms with Crippen molar-refractivity contribution >= 4 is 11.9 Å². The number of urea groups is 1. The second-order valence-electron chi connectivity index (χ2n) is 4.47. The first-order chi connectivity index (χ1) is 7.59. The van der Waals surface area contributed by atoms with Crippen LogP contribution in [0.4, 0.5) is 4.79 Å². The molecule has 1 aliphatic carbocycles. The predicted octanol–water partition coefficient (Wildman–Crippen LogP) is 0.836. The number of nitrogens with zero attached hydrogens (tertiary/aromatic N) is 1. The number of nitrogens with one attached hydrogen (secondary N) is 1. The fraction of sp³-hybridized carbons (Fsp3) is 0.818. The second kappa shape index (κ2) is 6.48. The van der Waals surface area contributed by atoms with E-state index in [0.29, 0.717) is 6.04 Å². The summed E-state index contributed by atoms with van der Waals surface area (Å²) in [6.07, 6.45) is 7.31. The molecule has 0 spiro atoms. The Morgan fingerprint density at radius 1 is 1.25 bits per heavy atom. The first kappa shape index (κ1) is 13.0. The van der Waals surface area contributed by atoms with Gasteiger partial charge in [0.2, 0.25) is 5.91 Å². The highest BCUT2D eigenvalue weighted by Gasteiger charge is 2.19. The van der Waals surface area contributed by atoms with Crippen LogP contribution in [0, 0.1) is 0 Å². The minimum absolute atomic E-state index is 0.244. The summed E-state index contributed by atoms with van der Waals surface area (Å²) in [7, 11) is 1.93. The van der Waals surface area contributed by atoms with Crippen LogP contribution in [0.5, 0.6) is 0 Å². The van der Waals surface area contributed by atoms with Gasteiger partial charge in [0, 0.05) is 6.04 Å². The quantitative estimate of drug-likeness (QED) is 0.701. The van der Waals surface area contributed by atoms with Gasteiger partial charge in [-0.25, -0.2) is 4.79 Å². The van der Waals surface area contributed by atoms with Crippen LogP contribution in [0.2, 0.25) is 0 Å². The third-order valence-electron chi connectivity index (χ3n) is 3.10. The van der Waals surface area contributed by atoms with Crippen LogP contribution in [0.3, 0.4) is 0 Å². The van der Waals surface area contributed by atoms with Gasteiger partial charge < -0.3 is 5.73 Å². The van der Waals surface area contributed by atoms with Gasteiger partial charge in [-0.3, -0.25) is 15.0 Å². The highest BCUT2D eigenvalue weighted by Crippen LogP contribution is 2.20. The summed E-state index contributed by atoms with van der Waals surface area (Å²) in [6.45, 7) is 0.244. The monoisotopic (exact) mass is 227 g/mol. The Hall–Kier alpha value is -1.10. The molecule has 3 N–H and O–H groups in total. The molecule has 0 aromatic heterocycles. The zero-order chi connectivity index (χ0) is 12.0. The van der Waals surface area contributed by atoms with Crippen LogP contribution >= 0.6 is 0 Å². The molecule has 5 nitrogen and oxygen atoms in total. The van der Waals surface area contributed by atoms with Gasteiger partial charge in [-0.05, 0) is 19.9 Å². The average molecular weight is 227 g/mol. The second-order valence-corrected chi connectivity index (χ2v) is 4.47. The molecule has 1 aliphatic rings. The maximum absolute atomic E-state index is 11.3. The van der Waals surface area contributed by atoms with E-state index < -0.39 is 6.03 Å². The fourth-order valence-corrected chi connectivity index (χ4v) is 2.23. The molecule has 3 amide bonds. The number of rotatable bonds is 3. The average Bonchev–Trinajstić information content (AvgIpc) is 2.43. The molecule has 0 aliphatic heterocycles. The van der Waals surface area contributed by atoms with Crippen molar-refractivity contribution in [3.8, 4) is 0 Å². The molecule has 0 saturated heterocycles. The predicted molar refractivity (Wildman–Crippen MR) is 61.8 cm³/mol. The Kier molecular flexibility index (Phi) is 5.25. The summed E-state index contributed by atoms with van der Waals surface area (Å²) in [4.78, 5) is 23.9. The lowest BCUT2D eigenvalue weighted by Crippen LogP contribution is -2.44. The van der Waals surface area contributed by atoms with Crippen molar-refractivity contribution in [2.45, 2.75) is 44.6 Å². The van der Waals surface area contributed by atoms with Crippen molar-refractivity contribution in [2.24, 2.45) is 5.73 Å². The minimum atomic E-state index is -0.778. The third-order valence-corrected chi connectivity index (χ3v) is 3.10. The molecule has 1 fully saturated rings. The summed E-state index contributed by atoms with van der Waals surface area (Å²) in [5, 5.41) is 2.09. The number of hydrogen-bond donors (Lipinski definition) is 2. The van der Waals surface area contributed by atoms with E-state index in [-0.39, 0.29) is 12.5 Å². The van der Waals surface area contributed by atoms with Crippen molar-refractivity contribution in [3.63, 3.8) is 0 Å². The first-order valence-corrected chi connectivity index (χ1v) is 5.89. The van der Waals surface area contributed by atoms with E-state index >= 15 is 0 Å². The number of imide groups is 1. The van der Waals surface area contributed by atoms with Gasteiger partial charge in [-0.15, -0.1) is 0 Å². The zero-order valence-electron chi connectivity index (χ0n) is 9.87. The molecule has 0 unspecified atom stereocenters. The molecule has 1 saturated carbocycles. The molecule has 16 heavy (non-hydrogen) atoms. The molecule has 0 bridgehead atoms.